The van der Waals surface area contributed by atoms with Crippen LogP contribution in [0.25, 0.3) is 0 Å². The first kappa shape index (κ1) is 24.5. The third-order valence-corrected chi connectivity index (χ3v) is 4.78. The number of ketones is 1. The Hall–Kier alpha value is -1.55. The van der Waals surface area contributed by atoms with E-state index >= 15 is 0 Å². The number of rotatable bonds is 10. The van der Waals surface area contributed by atoms with Crippen molar-refractivity contribution in [1.29, 1.82) is 0 Å². The molecule has 162 valence electrons. The topological polar surface area (TPSA) is 137 Å². The SMILES string of the molecule is CC(C)CN1CCNC[C@H]1C(=O)N[C@H](C(=O)N[C@@H](CN)C(=O)C(C)C)[C@H](C)O. The molecular formula is C19H37N5O4. The first-order chi connectivity index (χ1) is 13.1. The maximum Gasteiger partial charge on any atom is 0.245 e. The monoisotopic (exact) mass is 399 g/mol. The molecule has 1 rings (SSSR count). The van der Waals surface area contributed by atoms with Crippen LogP contribution in [0.5, 0.6) is 0 Å². The molecule has 0 aliphatic carbocycles. The van der Waals surface area contributed by atoms with Gasteiger partial charge in [-0.25, -0.2) is 0 Å². The van der Waals surface area contributed by atoms with Gasteiger partial charge in [-0.2, -0.15) is 0 Å². The number of piperazine rings is 1. The Morgan fingerprint density at radius 3 is 2.32 bits per heavy atom. The van der Waals surface area contributed by atoms with Gasteiger partial charge in [-0.05, 0) is 12.8 Å². The highest BCUT2D eigenvalue weighted by atomic mass is 16.3. The van der Waals surface area contributed by atoms with E-state index in [0.717, 1.165) is 19.6 Å². The van der Waals surface area contributed by atoms with Crippen LogP contribution in [0.2, 0.25) is 0 Å². The number of amides is 2. The average molecular weight is 400 g/mol. The molecule has 1 aliphatic heterocycles. The van der Waals surface area contributed by atoms with Gasteiger partial charge in [0.2, 0.25) is 11.8 Å². The molecule has 1 heterocycles. The predicted octanol–water partition coefficient (Wildman–Crippen LogP) is -1.55. The summed E-state index contributed by atoms with van der Waals surface area (Å²) >= 11 is 0. The van der Waals surface area contributed by atoms with Crippen LogP contribution in [-0.2, 0) is 14.4 Å². The minimum atomic E-state index is -1.16. The fourth-order valence-electron chi connectivity index (χ4n) is 3.26. The molecule has 0 bridgehead atoms. The number of Topliss-reactive ketones (excluding diaryl/α,β-unsaturated/α-hetero) is 1. The molecular weight excluding hydrogens is 362 g/mol. The van der Waals surface area contributed by atoms with Gasteiger partial charge in [0.1, 0.15) is 12.1 Å². The molecule has 1 fully saturated rings. The standard InChI is InChI=1S/C19H37N5O4/c1-11(2)10-24-7-6-21-9-15(24)18(27)23-16(13(5)25)19(28)22-14(8-20)17(26)12(3)4/h11-16,21,25H,6-10,20H2,1-5H3,(H,22,28)(H,23,27)/t13-,14-,15-,16-/m0/s1. The molecule has 0 radical (unpaired) electrons. The normalized spacial score (nSPS) is 21.2. The summed E-state index contributed by atoms with van der Waals surface area (Å²) in [6.45, 7) is 11.8. The Labute approximate surface area is 167 Å². The zero-order valence-electron chi connectivity index (χ0n) is 17.7. The van der Waals surface area contributed by atoms with Crippen LogP contribution in [0.1, 0.15) is 34.6 Å². The Bertz CT molecular complexity index is 538. The van der Waals surface area contributed by atoms with E-state index in [1.54, 1.807) is 13.8 Å². The number of hydrogen-bond donors (Lipinski definition) is 5. The predicted molar refractivity (Wildman–Crippen MR) is 108 cm³/mol. The highest BCUT2D eigenvalue weighted by Crippen LogP contribution is 2.09. The van der Waals surface area contributed by atoms with Crippen LogP contribution in [0, 0.1) is 11.8 Å². The summed E-state index contributed by atoms with van der Waals surface area (Å²) in [5, 5.41) is 18.5. The van der Waals surface area contributed by atoms with Gasteiger partial charge in [-0.1, -0.05) is 27.7 Å². The molecule has 2 amide bonds. The average Bonchev–Trinajstić information content (AvgIpc) is 2.62. The van der Waals surface area contributed by atoms with Crippen molar-refractivity contribution in [1.82, 2.24) is 20.9 Å². The lowest BCUT2D eigenvalue weighted by molar-refractivity contribution is -0.136. The number of nitrogens with two attached hydrogens (primary N) is 1. The zero-order chi connectivity index (χ0) is 21.4. The molecule has 0 spiro atoms. The molecule has 0 aromatic carbocycles. The van der Waals surface area contributed by atoms with Crippen LogP contribution in [-0.4, -0.2) is 84.6 Å². The van der Waals surface area contributed by atoms with Gasteiger partial charge < -0.3 is 26.8 Å². The number of hydrogen-bond acceptors (Lipinski definition) is 7. The molecule has 1 saturated heterocycles. The minimum absolute atomic E-state index is 0.0437. The smallest absolute Gasteiger partial charge is 0.245 e. The van der Waals surface area contributed by atoms with Crippen molar-refractivity contribution in [3.63, 3.8) is 0 Å². The second-order valence-electron chi connectivity index (χ2n) is 8.19. The summed E-state index contributed by atoms with van der Waals surface area (Å²) in [4.78, 5) is 39.7. The Morgan fingerprint density at radius 2 is 1.82 bits per heavy atom. The van der Waals surface area contributed by atoms with E-state index in [1.165, 1.54) is 6.92 Å². The van der Waals surface area contributed by atoms with Crippen LogP contribution in [0.3, 0.4) is 0 Å². The lowest BCUT2D eigenvalue weighted by atomic mass is 10.0. The second kappa shape index (κ2) is 11.5. The van der Waals surface area contributed by atoms with Crippen LogP contribution in [0.4, 0.5) is 0 Å². The molecule has 0 aromatic rings. The maximum absolute atomic E-state index is 12.8. The molecule has 0 saturated carbocycles. The van der Waals surface area contributed by atoms with Gasteiger partial charge in [0.15, 0.2) is 5.78 Å². The highest BCUT2D eigenvalue weighted by Gasteiger charge is 2.34. The molecule has 1 aliphatic rings. The number of carbonyl (C=O) groups excluding carboxylic acids is 3. The van der Waals surface area contributed by atoms with E-state index in [-0.39, 0.29) is 24.2 Å². The quantitative estimate of drug-likeness (QED) is 0.300. The van der Waals surface area contributed by atoms with E-state index in [2.05, 4.69) is 34.7 Å². The minimum Gasteiger partial charge on any atom is -0.391 e. The highest BCUT2D eigenvalue weighted by molar-refractivity contribution is 5.94. The molecule has 6 N–H and O–H groups in total. The van der Waals surface area contributed by atoms with Gasteiger partial charge in [-0.3, -0.25) is 19.3 Å². The number of carbonyl (C=O) groups is 3. The number of nitrogens with zero attached hydrogens (tertiary/aromatic N) is 1. The summed E-state index contributed by atoms with van der Waals surface area (Å²) in [7, 11) is 0. The van der Waals surface area contributed by atoms with Gasteiger partial charge in [0.25, 0.3) is 0 Å². The fraction of sp³-hybridized carbons (Fsp3) is 0.842. The Balaban J connectivity index is 2.83. The van der Waals surface area contributed by atoms with E-state index in [4.69, 9.17) is 5.73 Å². The summed E-state index contributed by atoms with van der Waals surface area (Å²) in [5.41, 5.74) is 5.62. The number of nitrogens with one attached hydrogen (secondary N) is 3. The largest absolute Gasteiger partial charge is 0.391 e. The van der Waals surface area contributed by atoms with E-state index in [0.29, 0.717) is 12.5 Å². The number of aliphatic hydroxyl groups excluding tert-OH is 1. The molecule has 9 heteroatoms. The second-order valence-corrected chi connectivity index (χ2v) is 8.19. The van der Waals surface area contributed by atoms with Crippen molar-refractivity contribution in [3.8, 4) is 0 Å². The van der Waals surface area contributed by atoms with Gasteiger partial charge in [0, 0.05) is 38.6 Å². The third kappa shape index (κ3) is 7.12. The molecule has 0 aromatic heterocycles. The zero-order valence-corrected chi connectivity index (χ0v) is 17.7. The van der Waals surface area contributed by atoms with Gasteiger partial charge in [-0.15, -0.1) is 0 Å². The summed E-state index contributed by atoms with van der Waals surface area (Å²) in [6, 6.07) is -2.43. The Morgan fingerprint density at radius 1 is 1.18 bits per heavy atom. The fourth-order valence-corrected chi connectivity index (χ4v) is 3.26. The van der Waals surface area contributed by atoms with Crippen molar-refractivity contribution in [2.24, 2.45) is 17.6 Å². The van der Waals surface area contributed by atoms with E-state index < -0.39 is 30.1 Å². The van der Waals surface area contributed by atoms with Crippen molar-refractivity contribution in [2.75, 3.05) is 32.7 Å². The summed E-state index contributed by atoms with van der Waals surface area (Å²) in [6.07, 6.45) is -1.12. The van der Waals surface area contributed by atoms with E-state index in [9.17, 15) is 19.5 Å². The summed E-state index contributed by atoms with van der Waals surface area (Å²) < 4.78 is 0. The summed E-state index contributed by atoms with van der Waals surface area (Å²) in [5.74, 6) is -1.02. The van der Waals surface area contributed by atoms with Gasteiger partial charge >= 0.3 is 0 Å². The first-order valence-electron chi connectivity index (χ1n) is 10.1. The molecule has 28 heavy (non-hydrogen) atoms. The van der Waals surface area contributed by atoms with Crippen molar-refractivity contribution in [3.05, 3.63) is 0 Å². The first-order valence-corrected chi connectivity index (χ1v) is 10.1. The van der Waals surface area contributed by atoms with Crippen molar-refractivity contribution in [2.45, 2.75) is 58.8 Å². The molecule has 9 nitrogen and oxygen atoms in total. The number of aliphatic hydroxyl groups is 1. The van der Waals surface area contributed by atoms with E-state index in [1.807, 2.05) is 0 Å². The lowest BCUT2D eigenvalue weighted by Crippen LogP contribution is -2.63. The van der Waals surface area contributed by atoms with Crippen LogP contribution < -0.4 is 21.7 Å². The lowest BCUT2D eigenvalue weighted by Gasteiger charge is -2.37. The van der Waals surface area contributed by atoms with Crippen LogP contribution in [0.15, 0.2) is 0 Å². The molecule has 4 atom stereocenters. The van der Waals surface area contributed by atoms with Gasteiger partial charge in [0.05, 0.1) is 12.1 Å². The Kier molecular flexibility index (Phi) is 10.0. The van der Waals surface area contributed by atoms with Crippen LogP contribution >= 0.6 is 0 Å². The molecule has 0 unspecified atom stereocenters. The third-order valence-electron chi connectivity index (χ3n) is 4.78. The van der Waals surface area contributed by atoms with Crippen molar-refractivity contribution < 1.29 is 19.5 Å². The maximum atomic E-state index is 12.8. The van der Waals surface area contributed by atoms with Crippen molar-refractivity contribution >= 4 is 17.6 Å².